The molecule has 0 unspecified atom stereocenters. The van der Waals surface area contributed by atoms with E-state index in [2.05, 4.69) is 51.0 Å². The van der Waals surface area contributed by atoms with Gasteiger partial charge in [0.15, 0.2) is 0 Å². The molecule has 0 bridgehead atoms. The number of allylic oxidation sites excluding steroid dienone is 4. The molecule has 0 spiro atoms. The van der Waals surface area contributed by atoms with Gasteiger partial charge in [-0.1, -0.05) is 76.0 Å². The maximum Gasteiger partial charge on any atom is 0.148 e. The summed E-state index contributed by atoms with van der Waals surface area (Å²) in [7, 11) is -1.45. The highest BCUT2D eigenvalue weighted by molar-refractivity contribution is 6.82. The second-order valence-corrected chi connectivity index (χ2v) is 12.6. The molecule has 0 amide bonds. The van der Waals surface area contributed by atoms with Crippen molar-refractivity contribution in [2.24, 2.45) is 5.41 Å². The Morgan fingerprint density at radius 3 is 2.40 bits per heavy atom. The van der Waals surface area contributed by atoms with Crippen LogP contribution in [0.3, 0.4) is 0 Å². The Labute approximate surface area is 127 Å². The van der Waals surface area contributed by atoms with Gasteiger partial charge in [0.05, 0.1) is 0 Å². The summed E-state index contributed by atoms with van der Waals surface area (Å²) >= 11 is 0. The third-order valence-electron chi connectivity index (χ3n) is 4.67. The van der Waals surface area contributed by atoms with E-state index in [0.717, 1.165) is 6.04 Å². The van der Waals surface area contributed by atoms with E-state index in [0.29, 0.717) is 5.41 Å². The molecule has 1 N–H and O–H groups in total. The molecule has 1 nitrogen and oxygen atoms in total. The second-order valence-electron chi connectivity index (χ2n) is 8.45. The SMILES string of the molecule is CC(C)(C)CC1=C([Si](C)(C)NC2CCCCC2)CC=C1. The van der Waals surface area contributed by atoms with Crippen LogP contribution in [0, 0.1) is 5.41 Å². The minimum atomic E-state index is -1.45. The van der Waals surface area contributed by atoms with Crippen LogP contribution in [-0.2, 0) is 0 Å². The molecule has 1 fully saturated rings. The molecular formula is C18H33NSi. The average molecular weight is 292 g/mol. The van der Waals surface area contributed by atoms with E-state index < -0.39 is 8.24 Å². The molecule has 20 heavy (non-hydrogen) atoms. The van der Waals surface area contributed by atoms with Crippen molar-refractivity contribution < 1.29 is 0 Å². The van der Waals surface area contributed by atoms with Crippen molar-refractivity contribution in [3.05, 3.63) is 22.9 Å². The van der Waals surface area contributed by atoms with Crippen LogP contribution in [0.25, 0.3) is 0 Å². The van der Waals surface area contributed by atoms with E-state index in [1.54, 1.807) is 10.8 Å². The fraction of sp³-hybridized carbons (Fsp3) is 0.778. The smallest absolute Gasteiger partial charge is 0.148 e. The summed E-state index contributed by atoms with van der Waals surface area (Å²) in [4.78, 5) is 4.09. The van der Waals surface area contributed by atoms with Gasteiger partial charge in [0.2, 0.25) is 0 Å². The fourth-order valence-corrected chi connectivity index (χ4v) is 6.87. The van der Waals surface area contributed by atoms with Crippen LogP contribution in [0.1, 0.15) is 65.7 Å². The molecule has 0 aliphatic heterocycles. The summed E-state index contributed by atoms with van der Waals surface area (Å²) in [6, 6.07) is 0.786. The minimum absolute atomic E-state index is 0.393. The van der Waals surface area contributed by atoms with E-state index >= 15 is 0 Å². The molecular weight excluding hydrogens is 258 g/mol. The fourth-order valence-electron chi connectivity index (χ4n) is 3.79. The molecule has 114 valence electrons. The summed E-state index contributed by atoms with van der Waals surface area (Å²) < 4.78 is 0. The van der Waals surface area contributed by atoms with Gasteiger partial charge in [0.25, 0.3) is 0 Å². The number of nitrogens with one attached hydrogen (secondary N) is 1. The van der Waals surface area contributed by atoms with Gasteiger partial charge in [0, 0.05) is 6.04 Å². The maximum absolute atomic E-state index is 4.09. The first-order valence-electron chi connectivity index (χ1n) is 8.45. The number of hydrogen-bond acceptors (Lipinski definition) is 1. The predicted octanol–water partition coefficient (Wildman–Crippen LogP) is 5.35. The standard InChI is InChI=1S/C18H33NSi/c1-18(2,3)14-15-10-9-13-17(15)20(4,5)19-16-11-7-6-8-12-16/h9-10,16,19H,6-8,11-14H2,1-5H3. The Balaban J connectivity index is 2.08. The molecule has 0 saturated heterocycles. The van der Waals surface area contributed by atoms with Crippen molar-refractivity contribution >= 4 is 8.24 Å². The first kappa shape index (κ1) is 16.0. The molecule has 0 aromatic heterocycles. The van der Waals surface area contributed by atoms with Gasteiger partial charge in [-0.15, -0.1) is 0 Å². The molecule has 2 heteroatoms. The van der Waals surface area contributed by atoms with Gasteiger partial charge in [0.1, 0.15) is 8.24 Å². The summed E-state index contributed by atoms with van der Waals surface area (Å²) in [5.41, 5.74) is 2.03. The van der Waals surface area contributed by atoms with Crippen LogP contribution < -0.4 is 4.98 Å². The van der Waals surface area contributed by atoms with E-state index in [-0.39, 0.29) is 0 Å². The Morgan fingerprint density at radius 2 is 1.80 bits per heavy atom. The van der Waals surface area contributed by atoms with Crippen molar-refractivity contribution in [3.63, 3.8) is 0 Å². The lowest BCUT2D eigenvalue weighted by molar-refractivity contribution is 0.410. The molecule has 1 saturated carbocycles. The molecule has 0 heterocycles. The third-order valence-corrected chi connectivity index (χ3v) is 7.84. The Morgan fingerprint density at radius 1 is 1.15 bits per heavy atom. The minimum Gasteiger partial charge on any atom is -0.331 e. The van der Waals surface area contributed by atoms with Crippen molar-refractivity contribution in [2.75, 3.05) is 0 Å². The largest absolute Gasteiger partial charge is 0.331 e. The summed E-state index contributed by atoms with van der Waals surface area (Å²) in [6.07, 6.45) is 14.3. The van der Waals surface area contributed by atoms with E-state index in [1.807, 2.05) is 0 Å². The van der Waals surface area contributed by atoms with Crippen LogP contribution in [0.5, 0.6) is 0 Å². The maximum atomic E-state index is 4.09. The van der Waals surface area contributed by atoms with Gasteiger partial charge < -0.3 is 4.98 Å². The van der Waals surface area contributed by atoms with Crippen LogP contribution in [0.4, 0.5) is 0 Å². The third kappa shape index (κ3) is 4.32. The van der Waals surface area contributed by atoms with Crippen molar-refractivity contribution in [3.8, 4) is 0 Å². The van der Waals surface area contributed by atoms with E-state index in [9.17, 15) is 0 Å². The van der Waals surface area contributed by atoms with Gasteiger partial charge in [-0.2, -0.15) is 0 Å². The lowest BCUT2D eigenvalue weighted by Gasteiger charge is -2.35. The van der Waals surface area contributed by atoms with E-state index in [1.165, 1.54) is 44.9 Å². The Hall–Kier alpha value is -0.343. The zero-order chi connectivity index (χ0) is 14.8. The van der Waals surface area contributed by atoms with Crippen molar-refractivity contribution in [1.82, 2.24) is 4.98 Å². The quantitative estimate of drug-likeness (QED) is 0.689. The molecule has 0 aromatic rings. The zero-order valence-electron chi connectivity index (χ0n) is 14.2. The molecule has 0 radical (unpaired) electrons. The lowest BCUT2D eigenvalue weighted by atomic mass is 9.88. The van der Waals surface area contributed by atoms with Crippen LogP contribution in [-0.4, -0.2) is 14.3 Å². The predicted molar refractivity (Wildman–Crippen MR) is 92.3 cm³/mol. The zero-order valence-corrected chi connectivity index (χ0v) is 15.2. The summed E-state index contributed by atoms with van der Waals surface area (Å²) in [6.45, 7) is 12.1. The first-order valence-corrected chi connectivity index (χ1v) is 11.4. The summed E-state index contributed by atoms with van der Waals surface area (Å²) in [5.74, 6) is 0. The van der Waals surface area contributed by atoms with Gasteiger partial charge in [-0.3, -0.25) is 0 Å². The van der Waals surface area contributed by atoms with Gasteiger partial charge >= 0.3 is 0 Å². The highest BCUT2D eigenvalue weighted by atomic mass is 28.3. The Kier molecular flexibility index (Phi) is 4.96. The lowest BCUT2D eigenvalue weighted by Crippen LogP contribution is -2.52. The van der Waals surface area contributed by atoms with Crippen molar-refractivity contribution in [1.29, 1.82) is 0 Å². The summed E-state index contributed by atoms with van der Waals surface area (Å²) in [5, 5.41) is 1.76. The first-order chi connectivity index (χ1) is 9.28. The highest BCUT2D eigenvalue weighted by Crippen LogP contribution is 2.35. The molecule has 2 aliphatic rings. The topological polar surface area (TPSA) is 12.0 Å². The molecule has 0 aromatic carbocycles. The average Bonchev–Trinajstić information content (AvgIpc) is 2.76. The monoisotopic (exact) mass is 291 g/mol. The number of hydrogen-bond donors (Lipinski definition) is 1. The van der Waals surface area contributed by atoms with Crippen LogP contribution >= 0.6 is 0 Å². The van der Waals surface area contributed by atoms with Crippen LogP contribution in [0.15, 0.2) is 22.9 Å². The molecule has 2 rings (SSSR count). The van der Waals surface area contributed by atoms with Crippen LogP contribution in [0.2, 0.25) is 13.1 Å². The second kappa shape index (κ2) is 6.19. The van der Waals surface area contributed by atoms with Gasteiger partial charge in [-0.05, 0) is 31.1 Å². The molecule has 2 aliphatic carbocycles. The normalized spacial score (nSPS) is 21.9. The molecule has 0 atom stereocenters. The highest BCUT2D eigenvalue weighted by Gasteiger charge is 2.33. The van der Waals surface area contributed by atoms with Crippen molar-refractivity contribution in [2.45, 2.75) is 84.9 Å². The van der Waals surface area contributed by atoms with E-state index in [4.69, 9.17) is 0 Å². The Bertz CT molecular complexity index is 392. The van der Waals surface area contributed by atoms with Gasteiger partial charge in [-0.25, -0.2) is 0 Å². The number of rotatable bonds is 4.